The van der Waals surface area contributed by atoms with E-state index in [4.69, 9.17) is 0 Å². The monoisotopic (exact) mass is 248 g/mol. The number of para-hydroxylation sites is 2. The summed E-state index contributed by atoms with van der Waals surface area (Å²) >= 11 is 0. The zero-order chi connectivity index (χ0) is 13.0. The Labute approximate surface area is 110 Å². The second kappa shape index (κ2) is 6.10. The molecular formula is C15H24N2O. The number of benzene rings is 1. The Hall–Kier alpha value is -1.22. The van der Waals surface area contributed by atoms with Crippen LogP contribution in [0.25, 0.3) is 0 Å². The molecule has 0 atom stereocenters. The van der Waals surface area contributed by atoms with Crippen molar-refractivity contribution in [2.75, 3.05) is 29.9 Å². The lowest BCUT2D eigenvalue weighted by atomic mass is 10.1. The molecule has 0 spiro atoms. The van der Waals surface area contributed by atoms with Crippen molar-refractivity contribution in [3.05, 3.63) is 24.3 Å². The summed E-state index contributed by atoms with van der Waals surface area (Å²) in [5, 5.41) is 13.1. The Morgan fingerprint density at radius 3 is 2.61 bits per heavy atom. The van der Waals surface area contributed by atoms with E-state index in [1.165, 1.54) is 11.4 Å². The zero-order valence-corrected chi connectivity index (χ0v) is 11.4. The molecule has 0 amide bonds. The quantitative estimate of drug-likeness (QED) is 0.860. The minimum absolute atomic E-state index is 0.114. The fraction of sp³-hybridized carbons (Fsp3) is 0.600. The number of nitrogens with zero attached hydrogens (tertiary/aromatic N) is 1. The van der Waals surface area contributed by atoms with Gasteiger partial charge in [-0.2, -0.15) is 0 Å². The predicted molar refractivity (Wildman–Crippen MR) is 77.2 cm³/mol. The van der Waals surface area contributed by atoms with E-state index in [2.05, 4.69) is 48.3 Å². The highest BCUT2D eigenvalue weighted by atomic mass is 16.3. The molecular weight excluding hydrogens is 224 g/mol. The van der Waals surface area contributed by atoms with Gasteiger partial charge in [-0.25, -0.2) is 0 Å². The summed E-state index contributed by atoms with van der Waals surface area (Å²) in [6.45, 7) is 7.32. The van der Waals surface area contributed by atoms with E-state index >= 15 is 0 Å². The minimum atomic E-state index is -0.114. The highest BCUT2D eigenvalue weighted by molar-refractivity contribution is 5.70. The van der Waals surface area contributed by atoms with Gasteiger partial charge in [0.05, 0.1) is 17.5 Å². The number of hydrogen-bond acceptors (Lipinski definition) is 3. The van der Waals surface area contributed by atoms with Crippen LogP contribution < -0.4 is 10.2 Å². The van der Waals surface area contributed by atoms with Crippen molar-refractivity contribution in [3.63, 3.8) is 0 Å². The van der Waals surface area contributed by atoms with Crippen molar-refractivity contribution in [2.24, 2.45) is 5.92 Å². The number of nitrogens with one attached hydrogen (secondary N) is 1. The molecule has 2 N–H and O–H groups in total. The molecule has 0 aliphatic carbocycles. The average molecular weight is 248 g/mol. The van der Waals surface area contributed by atoms with Crippen molar-refractivity contribution >= 4 is 11.4 Å². The number of hydrogen-bond donors (Lipinski definition) is 2. The SMILES string of the molecule is CC(C)CNc1ccccc1N1CCC(O)CC1. The lowest BCUT2D eigenvalue weighted by Crippen LogP contribution is -2.36. The van der Waals surface area contributed by atoms with Crippen molar-refractivity contribution in [3.8, 4) is 0 Å². The summed E-state index contributed by atoms with van der Waals surface area (Å²) < 4.78 is 0. The molecule has 0 saturated carbocycles. The summed E-state index contributed by atoms with van der Waals surface area (Å²) in [4.78, 5) is 2.37. The first-order valence-corrected chi connectivity index (χ1v) is 6.92. The van der Waals surface area contributed by atoms with E-state index in [0.717, 1.165) is 32.5 Å². The fourth-order valence-electron chi connectivity index (χ4n) is 2.32. The lowest BCUT2D eigenvalue weighted by Gasteiger charge is -2.33. The van der Waals surface area contributed by atoms with Gasteiger partial charge in [0.2, 0.25) is 0 Å². The highest BCUT2D eigenvalue weighted by Crippen LogP contribution is 2.28. The molecule has 0 unspecified atom stereocenters. The topological polar surface area (TPSA) is 35.5 Å². The Morgan fingerprint density at radius 1 is 1.28 bits per heavy atom. The van der Waals surface area contributed by atoms with Gasteiger partial charge < -0.3 is 15.3 Å². The third-order valence-corrected chi connectivity index (χ3v) is 3.41. The molecule has 1 aromatic carbocycles. The first kappa shape index (κ1) is 13.2. The number of aliphatic hydroxyl groups excluding tert-OH is 1. The normalized spacial score (nSPS) is 17.2. The van der Waals surface area contributed by atoms with Crippen LogP contribution in [0.15, 0.2) is 24.3 Å². The zero-order valence-electron chi connectivity index (χ0n) is 11.4. The molecule has 0 aromatic heterocycles. The Balaban J connectivity index is 2.07. The summed E-state index contributed by atoms with van der Waals surface area (Å²) in [5.74, 6) is 0.640. The van der Waals surface area contributed by atoms with E-state index < -0.39 is 0 Å². The summed E-state index contributed by atoms with van der Waals surface area (Å²) in [7, 11) is 0. The summed E-state index contributed by atoms with van der Waals surface area (Å²) in [5.41, 5.74) is 2.48. The van der Waals surface area contributed by atoms with Crippen molar-refractivity contribution in [2.45, 2.75) is 32.8 Å². The van der Waals surface area contributed by atoms with Crippen LogP contribution in [0, 0.1) is 5.92 Å². The number of aliphatic hydroxyl groups is 1. The van der Waals surface area contributed by atoms with Crippen molar-refractivity contribution in [1.29, 1.82) is 0 Å². The maximum Gasteiger partial charge on any atom is 0.0602 e. The molecule has 3 heteroatoms. The maximum absolute atomic E-state index is 9.58. The average Bonchev–Trinajstić information content (AvgIpc) is 2.38. The van der Waals surface area contributed by atoms with Gasteiger partial charge in [0.1, 0.15) is 0 Å². The molecule has 18 heavy (non-hydrogen) atoms. The van der Waals surface area contributed by atoms with Crippen molar-refractivity contribution < 1.29 is 5.11 Å². The smallest absolute Gasteiger partial charge is 0.0602 e. The van der Waals surface area contributed by atoms with Crippen LogP contribution in [0.4, 0.5) is 11.4 Å². The van der Waals surface area contributed by atoms with Gasteiger partial charge in [0, 0.05) is 19.6 Å². The fourth-order valence-corrected chi connectivity index (χ4v) is 2.32. The molecule has 0 radical (unpaired) electrons. The van der Waals surface area contributed by atoms with Crippen molar-refractivity contribution in [1.82, 2.24) is 0 Å². The van der Waals surface area contributed by atoms with Crippen LogP contribution >= 0.6 is 0 Å². The van der Waals surface area contributed by atoms with Gasteiger partial charge in [0.25, 0.3) is 0 Å². The van der Waals surface area contributed by atoms with Crippen LogP contribution in [0.2, 0.25) is 0 Å². The van der Waals surface area contributed by atoms with Crippen LogP contribution in [-0.4, -0.2) is 30.8 Å². The summed E-state index contributed by atoms with van der Waals surface area (Å²) in [6, 6.07) is 8.47. The second-order valence-corrected chi connectivity index (χ2v) is 5.51. The molecule has 3 nitrogen and oxygen atoms in total. The van der Waals surface area contributed by atoms with Gasteiger partial charge in [-0.1, -0.05) is 26.0 Å². The Morgan fingerprint density at radius 2 is 1.94 bits per heavy atom. The molecule has 1 saturated heterocycles. The second-order valence-electron chi connectivity index (χ2n) is 5.51. The van der Waals surface area contributed by atoms with Crippen LogP contribution in [-0.2, 0) is 0 Å². The molecule has 1 aliphatic rings. The van der Waals surface area contributed by atoms with Crippen LogP contribution in [0.3, 0.4) is 0 Å². The van der Waals surface area contributed by atoms with E-state index in [1.54, 1.807) is 0 Å². The van der Waals surface area contributed by atoms with E-state index in [1.807, 2.05) is 0 Å². The third kappa shape index (κ3) is 3.39. The van der Waals surface area contributed by atoms with Gasteiger partial charge in [-0.05, 0) is 30.9 Å². The minimum Gasteiger partial charge on any atom is -0.393 e. The summed E-state index contributed by atoms with van der Waals surface area (Å²) in [6.07, 6.45) is 1.63. The largest absolute Gasteiger partial charge is 0.393 e. The number of piperidine rings is 1. The third-order valence-electron chi connectivity index (χ3n) is 3.41. The Kier molecular flexibility index (Phi) is 4.48. The van der Waals surface area contributed by atoms with E-state index in [0.29, 0.717) is 5.92 Å². The standard InChI is InChI=1S/C15H24N2O/c1-12(2)11-16-14-5-3-4-6-15(14)17-9-7-13(18)8-10-17/h3-6,12-13,16,18H,7-11H2,1-2H3. The first-order valence-electron chi connectivity index (χ1n) is 6.92. The predicted octanol–water partition coefficient (Wildman–Crippen LogP) is 2.72. The molecule has 1 fully saturated rings. The lowest BCUT2D eigenvalue weighted by molar-refractivity contribution is 0.145. The molecule has 0 bridgehead atoms. The Bertz CT molecular complexity index is 371. The molecule has 1 aromatic rings. The molecule has 1 heterocycles. The number of anilines is 2. The van der Waals surface area contributed by atoms with E-state index in [-0.39, 0.29) is 6.10 Å². The van der Waals surface area contributed by atoms with Crippen LogP contribution in [0.5, 0.6) is 0 Å². The van der Waals surface area contributed by atoms with Gasteiger partial charge in [0.15, 0.2) is 0 Å². The van der Waals surface area contributed by atoms with Gasteiger partial charge >= 0.3 is 0 Å². The first-order chi connectivity index (χ1) is 8.66. The molecule has 100 valence electrons. The van der Waals surface area contributed by atoms with E-state index in [9.17, 15) is 5.11 Å². The van der Waals surface area contributed by atoms with Crippen LogP contribution in [0.1, 0.15) is 26.7 Å². The van der Waals surface area contributed by atoms with Gasteiger partial charge in [-0.3, -0.25) is 0 Å². The molecule has 1 aliphatic heterocycles. The van der Waals surface area contributed by atoms with Gasteiger partial charge in [-0.15, -0.1) is 0 Å². The molecule has 2 rings (SSSR count). The maximum atomic E-state index is 9.58. The number of rotatable bonds is 4. The highest BCUT2D eigenvalue weighted by Gasteiger charge is 2.18.